The van der Waals surface area contributed by atoms with E-state index >= 15 is 0 Å². The van der Waals surface area contributed by atoms with Gasteiger partial charge in [-0.2, -0.15) is 0 Å². The van der Waals surface area contributed by atoms with Crippen molar-refractivity contribution in [2.75, 3.05) is 9.80 Å². The van der Waals surface area contributed by atoms with E-state index in [1.54, 1.807) is 0 Å². The van der Waals surface area contributed by atoms with Crippen LogP contribution < -0.4 is 9.80 Å². The van der Waals surface area contributed by atoms with Crippen molar-refractivity contribution in [2.24, 2.45) is 0 Å². The summed E-state index contributed by atoms with van der Waals surface area (Å²) >= 11 is 1.89. The molecule has 2 heterocycles. The molecule has 0 atom stereocenters. The lowest BCUT2D eigenvalue weighted by molar-refractivity contribution is 0.669. The monoisotopic (exact) mass is 1390 g/mol. The van der Waals surface area contributed by atoms with Gasteiger partial charge >= 0.3 is 0 Å². The van der Waals surface area contributed by atoms with Gasteiger partial charge in [-0.25, -0.2) is 0 Å². The summed E-state index contributed by atoms with van der Waals surface area (Å²) in [6.07, 6.45) is 0. The highest BCUT2D eigenvalue weighted by atomic mass is 32.1. The lowest BCUT2D eigenvalue weighted by atomic mass is 9.95. The van der Waals surface area contributed by atoms with Crippen molar-refractivity contribution in [3.8, 4) is 89.0 Å². The molecule has 0 bridgehead atoms. The topological polar surface area (TPSA) is 19.6 Å². The van der Waals surface area contributed by atoms with Crippen LogP contribution in [0.4, 0.5) is 34.1 Å². The molecule has 20 aromatic rings. The largest absolute Gasteiger partial charge is 0.456 e. The first kappa shape index (κ1) is 64.9. The molecule has 18 aromatic carbocycles. The van der Waals surface area contributed by atoms with Gasteiger partial charge in [0.15, 0.2) is 0 Å². The van der Waals surface area contributed by atoms with Crippen LogP contribution in [0, 0.1) is 0 Å². The minimum absolute atomic E-state index is 0.862. The Kier molecular flexibility index (Phi) is 17.2. The maximum absolute atomic E-state index is 6.58. The van der Waals surface area contributed by atoms with Crippen LogP contribution in [0.2, 0.25) is 0 Å². The van der Waals surface area contributed by atoms with Crippen molar-refractivity contribution in [2.45, 2.75) is 0 Å². The molecule has 3 nitrogen and oxygen atoms in total. The molecule has 20 rings (SSSR count). The summed E-state index contributed by atoms with van der Waals surface area (Å²) in [5.74, 6) is 0. The van der Waals surface area contributed by atoms with Crippen LogP contribution >= 0.6 is 11.3 Å². The Bertz CT molecular complexity index is 6600. The van der Waals surface area contributed by atoms with Gasteiger partial charge < -0.3 is 14.2 Å². The van der Waals surface area contributed by atoms with Gasteiger partial charge in [-0.3, -0.25) is 0 Å². The van der Waals surface area contributed by atoms with E-state index in [2.05, 4.69) is 428 Å². The summed E-state index contributed by atoms with van der Waals surface area (Å²) in [7, 11) is 0. The van der Waals surface area contributed by atoms with E-state index in [0.29, 0.717) is 0 Å². The lowest BCUT2D eigenvalue weighted by Crippen LogP contribution is -2.10. The molecular weight excluding hydrogens is 1330 g/mol. The van der Waals surface area contributed by atoms with Crippen LogP contribution in [0.3, 0.4) is 0 Å². The minimum atomic E-state index is 0.862. The van der Waals surface area contributed by atoms with E-state index < -0.39 is 0 Å². The van der Waals surface area contributed by atoms with Crippen molar-refractivity contribution in [1.82, 2.24) is 0 Å². The second-order valence-corrected chi connectivity index (χ2v) is 28.5. The first-order chi connectivity index (χ1) is 53.5. The number of hydrogen-bond donors (Lipinski definition) is 0. The average Bonchev–Trinajstić information content (AvgIpc) is 1.60. The summed E-state index contributed by atoms with van der Waals surface area (Å²) in [6, 6.07) is 153. The van der Waals surface area contributed by atoms with E-state index in [-0.39, 0.29) is 0 Å². The zero-order valence-electron chi connectivity index (χ0n) is 59.1. The molecule has 0 aliphatic rings. The number of rotatable bonds is 14. The summed E-state index contributed by atoms with van der Waals surface area (Å²) < 4.78 is 9.16. The van der Waals surface area contributed by atoms with E-state index in [1.165, 1.54) is 131 Å². The van der Waals surface area contributed by atoms with E-state index in [4.69, 9.17) is 4.42 Å². The highest BCUT2D eigenvalue weighted by molar-refractivity contribution is 7.27. The lowest BCUT2D eigenvalue weighted by Gasteiger charge is -2.26. The van der Waals surface area contributed by atoms with Crippen LogP contribution in [0.5, 0.6) is 0 Å². The second kappa shape index (κ2) is 28.6. The van der Waals surface area contributed by atoms with Crippen molar-refractivity contribution in [3.63, 3.8) is 0 Å². The fourth-order valence-corrected chi connectivity index (χ4v) is 16.9. The van der Waals surface area contributed by atoms with Crippen molar-refractivity contribution in [1.29, 1.82) is 0 Å². The number of benzene rings is 18. The van der Waals surface area contributed by atoms with Crippen LogP contribution in [0.15, 0.2) is 429 Å². The Hall–Kier alpha value is -13.9. The van der Waals surface area contributed by atoms with Crippen LogP contribution in [0.25, 0.3) is 153 Å². The molecule has 0 aliphatic heterocycles. The predicted octanol–water partition coefficient (Wildman–Crippen LogP) is 30.2. The van der Waals surface area contributed by atoms with Crippen molar-refractivity contribution < 1.29 is 4.42 Å². The molecule has 0 N–H and O–H groups in total. The fourth-order valence-electron chi connectivity index (χ4n) is 15.6. The fraction of sp³-hybridized carbons (Fsp3) is 0. The smallest absolute Gasteiger partial charge is 0.137 e. The third kappa shape index (κ3) is 12.6. The third-order valence-electron chi connectivity index (χ3n) is 21.0. The van der Waals surface area contributed by atoms with Crippen LogP contribution in [-0.2, 0) is 0 Å². The molecule has 0 amide bonds. The summed E-state index contributed by atoms with van der Waals surface area (Å²) in [5, 5.41) is 9.78. The zero-order chi connectivity index (χ0) is 71.7. The standard InChI is InChI=1S/C52H35NO.C52H35NS/c1-4-11-36(12-5-1)38-19-25-44(26-20-38)53(46-29-32-50-49-31-24-42(37-13-6-2-7-14-37)34-51(49)54-52(50)35-46)45-27-21-39(22-28-45)41-23-30-48-43(33-41)17-10-18-47(48)40-15-8-3-9-16-40;1-4-13-36(14-5-1)37-25-30-43(31-26-37)53(50-24-12-23-49-48-22-11-21-47(51(48)54-52(49)50)40-17-8-3-9-18-40)44-32-27-38(28-33-44)41-29-34-46-42(35-41)19-10-20-45(46)39-15-6-2-7-16-39/h2*1-35H. The molecule has 0 aliphatic carbocycles. The molecule has 0 saturated carbocycles. The van der Waals surface area contributed by atoms with Gasteiger partial charge in [0.25, 0.3) is 0 Å². The van der Waals surface area contributed by atoms with Crippen molar-refractivity contribution >= 4 is 109 Å². The van der Waals surface area contributed by atoms with E-state index in [0.717, 1.165) is 55.9 Å². The molecule has 0 radical (unpaired) electrons. The molecule has 0 spiro atoms. The zero-order valence-corrected chi connectivity index (χ0v) is 59.9. The van der Waals surface area contributed by atoms with Gasteiger partial charge in [0.1, 0.15) is 11.2 Å². The third-order valence-corrected chi connectivity index (χ3v) is 22.2. The quantitative estimate of drug-likeness (QED) is 0.108. The summed E-state index contributed by atoms with van der Waals surface area (Å²) in [4.78, 5) is 4.73. The van der Waals surface area contributed by atoms with Crippen LogP contribution in [0.1, 0.15) is 0 Å². The normalized spacial score (nSPS) is 11.3. The highest BCUT2D eigenvalue weighted by Gasteiger charge is 2.22. The molecule has 0 saturated heterocycles. The van der Waals surface area contributed by atoms with Gasteiger partial charge in [-0.15, -0.1) is 11.3 Å². The summed E-state index contributed by atoms with van der Waals surface area (Å²) in [5.41, 5.74) is 27.7. The number of anilines is 6. The number of nitrogens with zero attached hydrogens (tertiary/aromatic N) is 2. The Morgan fingerprint density at radius 3 is 0.935 bits per heavy atom. The van der Waals surface area contributed by atoms with Gasteiger partial charge in [0.05, 0.1) is 10.4 Å². The molecular formula is C104H70N2OS. The second-order valence-electron chi connectivity index (χ2n) is 27.5. The maximum Gasteiger partial charge on any atom is 0.137 e. The molecule has 508 valence electrons. The Labute approximate surface area is 632 Å². The highest BCUT2D eigenvalue weighted by Crippen LogP contribution is 2.49. The molecule has 0 unspecified atom stereocenters. The molecule has 4 heteroatoms. The van der Waals surface area contributed by atoms with E-state index in [1.807, 2.05) is 17.4 Å². The van der Waals surface area contributed by atoms with Gasteiger partial charge in [-0.1, -0.05) is 328 Å². The maximum atomic E-state index is 6.58. The van der Waals surface area contributed by atoms with Gasteiger partial charge in [-0.05, 0) is 202 Å². The number of fused-ring (bicyclic) bond motifs is 8. The number of thiophene rings is 1. The molecule has 2 aromatic heterocycles. The Balaban J connectivity index is 0.000000147. The molecule has 108 heavy (non-hydrogen) atoms. The van der Waals surface area contributed by atoms with Gasteiger partial charge in [0, 0.05) is 60.7 Å². The number of hydrogen-bond acceptors (Lipinski definition) is 4. The van der Waals surface area contributed by atoms with Crippen molar-refractivity contribution in [3.05, 3.63) is 425 Å². The first-order valence-corrected chi connectivity index (χ1v) is 37.7. The number of furan rings is 1. The average molecular weight is 1400 g/mol. The molecule has 0 fully saturated rings. The van der Waals surface area contributed by atoms with Crippen LogP contribution in [-0.4, -0.2) is 0 Å². The van der Waals surface area contributed by atoms with Gasteiger partial charge in [0.2, 0.25) is 0 Å². The summed E-state index contributed by atoms with van der Waals surface area (Å²) in [6.45, 7) is 0. The Morgan fingerprint density at radius 1 is 0.176 bits per heavy atom. The minimum Gasteiger partial charge on any atom is -0.456 e. The SMILES string of the molecule is c1ccc(-c2ccc(N(c3ccc(-c4ccc5c(-c6ccccc6)cccc5c4)cc3)c3ccc4c(c3)oc3cc(-c5ccccc5)ccc34)cc2)cc1.c1ccc(-c2ccc(N(c3ccc(-c4ccc5c(-c6ccccc6)cccc5c4)cc3)c3cccc4c3sc3c(-c5ccccc5)cccc34)cc2)cc1. The predicted molar refractivity (Wildman–Crippen MR) is 461 cm³/mol. The Morgan fingerprint density at radius 2 is 0.481 bits per heavy atom. The van der Waals surface area contributed by atoms with E-state index in [9.17, 15) is 0 Å². The first-order valence-electron chi connectivity index (χ1n) is 36.8.